The molecule has 1 aliphatic heterocycles. The number of likely N-dealkylation sites (tertiary alicyclic amines) is 1. The molecular formula is C11H21N5O2. The highest BCUT2D eigenvalue weighted by atomic mass is 16.2. The summed E-state index contributed by atoms with van der Waals surface area (Å²) in [6.07, 6.45) is 3.38. The lowest BCUT2D eigenvalue weighted by Gasteiger charge is -2.22. The summed E-state index contributed by atoms with van der Waals surface area (Å²) in [6.45, 7) is 1.15. The van der Waals surface area contributed by atoms with E-state index >= 15 is 0 Å². The first-order valence-electron chi connectivity index (χ1n) is 6.16. The van der Waals surface area contributed by atoms with Gasteiger partial charge in [0, 0.05) is 19.5 Å². The maximum absolute atomic E-state index is 11.9. The Labute approximate surface area is 106 Å². The van der Waals surface area contributed by atoms with E-state index in [0.717, 1.165) is 12.8 Å². The molecule has 1 fully saturated rings. The smallest absolute Gasteiger partial charge is 0.240 e. The minimum atomic E-state index is -0.421. The van der Waals surface area contributed by atoms with E-state index in [-0.39, 0.29) is 11.9 Å². The second-order valence-corrected chi connectivity index (χ2v) is 4.41. The third-order valence-electron chi connectivity index (χ3n) is 2.99. The van der Waals surface area contributed by atoms with Gasteiger partial charge in [0.1, 0.15) is 6.04 Å². The Morgan fingerprint density at radius 1 is 1.22 bits per heavy atom. The van der Waals surface area contributed by atoms with E-state index in [9.17, 15) is 9.59 Å². The molecule has 7 heteroatoms. The third kappa shape index (κ3) is 4.23. The zero-order valence-corrected chi connectivity index (χ0v) is 10.5. The average Bonchev–Trinajstić information content (AvgIpc) is 2.76. The van der Waals surface area contributed by atoms with Gasteiger partial charge in [0.05, 0.1) is 0 Å². The summed E-state index contributed by atoms with van der Waals surface area (Å²) in [5.41, 5.74) is 15.6. The number of aliphatic imine (C=N–C) groups is 1. The van der Waals surface area contributed by atoms with Gasteiger partial charge in [-0.1, -0.05) is 0 Å². The molecule has 7 nitrogen and oxygen atoms in total. The summed E-state index contributed by atoms with van der Waals surface area (Å²) in [7, 11) is 0. The molecule has 0 bridgehead atoms. The second-order valence-electron chi connectivity index (χ2n) is 4.41. The molecule has 0 aromatic carbocycles. The zero-order valence-electron chi connectivity index (χ0n) is 10.5. The number of hydrogen-bond acceptors (Lipinski definition) is 3. The van der Waals surface area contributed by atoms with Gasteiger partial charge in [0.2, 0.25) is 11.8 Å². The summed E-state index contributed by atoms with van der Waals surface area (Å²) in [4.78, 5) is 28.5. The number of nitrogens with zero attached hydrogens (tertiary/aromatic N) is 2. The van der Waals surface area contributed by atoms with E-state index in [2.05, 4.69) is 4.99 Å². The van der Waals surface area contributed by atoms with E-state index in [1.807, 2.05) is 0 Å². The molecule has 6 N–H and O–H groups in total. The van der Waals surface area contributed by atoms with Crippen LogP contribution in [0.2, 0.25) is 0 Å². The van der Waals surface area contributed by atoms with Gasteiger partial charge in [-0.15, -0.1) is 0 Å². The predicted molar refractivity (Wildman–Crippen MR) is 68.5 cm³/mol. The molecule has 0 spiro atoms. The van der Waals surface area contributed by atoms with E-state index < -0.39 is 11.9 Å². The van der Waals surface area contributed by atoms with Crippen LogP contribution in [0, 0.1) is 0 Å². The largest absolute Gasteiger partial charge is 0.370 e. The molecular weight excluding hydrogens is 234 g/mol. The van der Waals surface area contributed by atoms with Gasteiger partial charge in [0.15, 0.2) is 5.96 Å². The molecule has 2 amide bonds. The number of carbonyl (C=O) groups excluding carboxylic acids is 2. The summed E-state index contributed by atoms with van der Waals surface area (Å²) in [5, 5.41) is 0. The molecule has 1 heterocycles. The van der Waals surface area contributed by atoms with E-state index in [4.69, 9.17) is 17.2 Å². The highest BCUT2D eigenvalue weighted by molar-refractivity contribution is 5.87. The molecule has 0 aromatic rings. The SMILES string of the molecule is NC(=O)[C@@H]1CCCN1C(=O)CCCCN=C(N)N. The standard InChI is InChI=1S/C11H21N5O2/c12-10(18)8-4-3-7-16(8)9(17)5-1-2-6-15-11(13)14/h8H,1-7H2,(H2,12,18)(H4,13,14,15)/t8-/m0/s1. The first-order chi connectivity index (χ1) is 8.52. The van der Waals surface area contributed by atoms with Crippen molar-refractivity contribution in [3.05, 3.63) is 0 Å². The lowest BCUT2D eigenvalue weighted by atomic mass is 10.2. The van der Waals surface area contributed by atoms with Crippen LogP contribution in [0.1, 0.15) is 32.1 Å². The number of rotatable bonds is 6. The van der Waals surface area contributed by atoms with Crippen molar-refractivity contribution in [1.82, 2.24) is 4.90 Å². The van der Waals surface area contributed by atoms with Gasteiger partial charge >= 0.3 is 0 Å². The normalized spacial score (nSPS) is 18.7. The van der Waals surface area contributed by atoms with Crippen molar-refractivity contribution in [2.24, 2.45) is 22.2 Å². The number of nitrogens with two attached hydrogens (primary N) is 3. The fourth-order valence-corrected chi connectivity index (χ4v) is 2.10. The molecule has 0 radical (unpaired) electrons. The number of carbonyl (C=O) groups is 2. The van der Waals surface area contributed by atoms with Crippen LogP contribution in [0.3, 0.4) is 0 Å². The maximum atomic E-state index is 11.9. The van der Waals surface area contributed by atoms with Crippen LogP contribution >= 0.6 is 0 Å². The van der Waals surface area contributed by atoms with E-state index in [1.54, 1.807) is 4.90 Å². The molecule has 18 heavy (non-hydrogen) atoms. The van der Waals surface area contributed by atoms with Crippen molar-refractivity contribution in [2.45, 2.75) is 38.1 Å². The Bertz CT molecular complexity index is 338. The highest BCUT2D eigenvalue weighted by Crippen LogP contribution is 2.18. The van der Waals surface area contributed by atoms with Gasteiger partial charge in [-0.05, 0) is 25.7 Å². The van der Waals surface area contributed by atoms with E-state index in [1.165, 1.54) is 0 Å². The van der Waals surface area contributed by atoms with Gasteiger partial charge in [-0.3, -0.25) is 14.6 Å². The molecule has 1 saturated heterocycles. The second kappa shape index (κ2) is 6.83. The number of amides is 2. The van der Waals surface area contributed by atoms with Gasteiger partial charge < -0.3 is 22.1 Å². The molecule has 1 rings (SSSR count). The topological polar surface area (TPSA) is 128 Å². The Balaban J connectivity index is 2.28. The van der Waals surface area contributed by atoms with Crippen molar-refractivity contribution in [3.63, 3.8) is 0 Å². The number of primary amides is 1. The molecule has 0 aromatic heterocycles. The van der Waals surface area contributed by atoms with Gasteiger partial charge in [0.25, 0.3) is 0 Å². The van der Waals surface area contributed by atoms with Crippen LogP contribution in [0.15, 0.2) is 4.99 Å². The van der Waals surface area contributed by atoms with Crippen LogP contribution in [-0.2, 0) is 9.59 Å². The molecule has 0 unspecified atom stereocenters. The predicted octanol–water partition coefficient (Wildman–Crippen LogP) is -1.09. The highest BCUT2D eigenvalue weighted by Gasteiger charge is 2.31. The first kappa shape index (κ1) is 14.3. The molecule has 1 atom stereocenters. The van der Waals surface area contributed by atoms with Crippen LogP contribution in [0.25, 0.3) is 0 Å². The summed E-state index contributed by atoms with van der Waals surface area (Å²) < 4.78 is 0. The number of guanidine groups is 1. The van der Waals surface area contributed by atoms with Crippen molar-refractivity contribution < 1.29 is 9.59 Å². The quantitative estimate of drug-likeness (QED) is 0.316. The van der Waals surface area contributed by atoms with Crippen molar-refractivity contribution in [1.29, 1.82) is 0 Å². The summed E-state index contributed by atoms with van der Waals surface area (Å²) in [5.74, 6) is -0.364. The lowest BCUT2D eigenvalue weighted by molar-refractivity contribution is -0.137. The van der Waals surface area contributed by atoms with Gasteiger partial charge in [-0.2, -0.15) is 0 Å². The Kier molecular flexibility index (Phi) is 5.41. The minimum Gasteiger partial charge on any atom is -0.370 e. The number of hydrogen-bond donors (Lipinski definition) is 3. The first-order valence-corrected chi connectivity index (χ1v) is 6.16. The van der Waals surface area contributed by atoms with Crippen LogP contribution < -0.4 is 17.2 Å². The van der Waals surface area contributed by atoms with E-state index in [0.29, 0.717) is 32.4 Å². The Hall–Kier alpha value is -1.79. The minimum absolute atomic E-state index is 0.0130. The lowest BCUT2D eigenvalue weighted by Crippen LogP contribution is -2.43. The average molecular weight is 255 g/mol. The molecule has 0 saturated carbocycles. The van der Waals surface area contributed by atoms with Crippen LogP contribution in [-0.4, -0.2) is 41.8 Å². The van der Waals surface area contributed by atoms with Crippen molar-refractivity contribution in [2.75, 3.05) is 13.1 Å². The molecule has 1 aliphatic rings. The zero-order chi connectivity index (χ0) is 13.5. The van der Waals surface area contributed by atoms with Crippen molar-refractivity contribution >= 4 is 17.8 Å². The van der Waals surface area contributed by atoms with Crippen LogP contribution in [0.5, 0.6) is 0 Å². The maximum Gasteiger partial charge on any atom is 0.240 e. The monoisotopic (exact) mass is 255 g/mol. The summed E-state index contributed by atoms with van der Waals surface area (Å²) in [6, 6.07) is -0.421. The number of unbranched alkanes of at least 4 members (excludes halogenated alkanes) is 1. The van der Waals surface area contributed by atoms with Crippen molar-refractivity contribution in [3.8, 4) is 0 Å². The molecule has 102 valence electrons. The Morgan fingerprint density at radius 2 is 1.94 bits per heavy atom. The van der Waals surface area contributed by atoms with Gasteiger partial charge in [-0.25, -0.2) is 0 Å². The Morgan fingerprint density at radius 3 is 2.56 bits per heavy atom. The summed E-state index contributed by atoms with van der Waals surface area (Å²) >= 11 is 0. The third-order valence-corrected chi connectivity index (χ3v) is 2.99. The van der Waals surface area contributed by atoms with Crippen LogP contribution in [0.4, 0.5) is 0 Å². The molecule has 0 aliphatic carbocycles. The fraction of sp³-hybridized carbons (Fsp3) is 0.727. The fourth-order valence-electron chi connectivity index (χ4n) is 2.10.